The minimum atomic E-state index is -0.478. The van der Waals surface area contributed by atoms with Crippen molar-refractivity contribution in [2.75, 3.05) is 45.9 Å². The average molecular weight is 339 g/mol. The smallest absolute Gasteiger partial charge is 0.230 e. The molecule has 7 nitrogen and oxygen atoms in total. The molecule has 136 valence electrons. The van der Waals surface area contributed by atoms with Gasteiger partial charge < -0.3 is 19.3 Å². The lowest BCUT2D eigenvalue weighted by Crippen LogP contribution is -2.51. The number of hydrogen-bond acceptors (Lipinski definition) is 6. The van der Waals surface area contributed by atoms with Gasteiger partial charge in [0.2, 0.25) is 5.91 Å². The van der Waals surface area contributed by atoms with Gasteiger partial charge in [-0.15, -0.1) is 0 Å². The highest BCUT2D eigenvalue weighted by atomic mass is 16.5. The number of β-amino-alcohol motifs (C(OH)–C–C–N with tert-alkyl or cyclic N) is 1. The molecule has 1 fully saturated rings. The van der Waals surface area contributed by atoms with Crippen molar-refractivity contribution in [2.24, 2.45) is 0 Å². The van der Waals surface area contributed by atoms with E-state index in [1.165, 1.54) is 0 Å². The van der Waals surface area contributed by atoms with Gasteiger partial charge in [-0.3, -0.25) is 9.69 Å². The molecule has 0 bridgehead atoms. The molecule has 1 N–H and O–H groups in total. The van der Waals surface area contributed by atoms with E-state index in [1.54, 1.807) is 0 Å². The van der Waals surface area contributed by atoms with Crippen LogP contribution in [-0.2, 0) is 9.53 Å². The van der Waals surface area contributed by atoms with Gasteiger partial charge >= 0.3 is 0 Å². The number of rotatable bonds is 7. The maximum atomic E-state index is 12.7. The molecule has 1 aliphatic rings. The maximum Gasteiger partial charge on any atom is 0.230 e. The molecule has 24 heavy (non-hydrogen) atoms. The summed E-state index contributed by atoms with van der Waals surface area (Å²) in [6, 6.07) is 0. The molecule has 0 saturated carbocycles. The quantitative estimate of drug-likeness (QED) is 0.796. The van der Waals surface area contributed by atoms with Crippen molar-refractivity contribution in [1.82, 2.24) is 15.0 Å². The summed E-state index contributed by atoms with van der Waals surface area (Å²) in [5.74, 6) is 0.580. The Morgan fingerprint density at radius 2 is 2.00 bits per heavy atom. The predicted octanol–water partition coefficient (Wildman–Crippen LogP) is 0.937. The van der Waals surface area contributed by atoms with Gasteiger partial charge in [-0.1, -0.05) is 5.16 Å². The first-order valence-electron chi connectivity index (χ1n) is 8.63. The maximum absolute atomic E-state index is 12.7. The number of ether oxygens (including phenoxy) is 1. The van der Waals surface area contributed by atoms with Crippen molar-refractivity contribution in [3.63, 3.8) is 0 Å². The highest BCUT2D eigenvalue weighted by Gasteiger charge is 2.29. The number of nitrogens with zero attached hydrogens (tertiary/aromatic N) is 3. The first kappa shape index (κ1) is 18.9. The predicted molar refractivity (Wildman–Crippen MR) is 89.9 cm³/mol. The molecule has 0 aliphatic carbocycles. The van der Waals surface area contributed by atoms with Crippen LogP contribution in [0.5, 0.6) is 0 Å². The van der Waals surface area contributed by atoms with E-state index < -0.39 is 6.10 Å². The van der Waals surface area contributed by atoms with Crippen LogP contribution < -0.4 is 0 Å². The third kappa shape index (κ3) is 4.55. The van der Waals surface area contributed by atoms with Crippen molar-refractivity contribution >= 4 is 5.91 Å². The molecule has 1 saturated heterocycles. The van der Waals surface area contributed by atoms with Crippen LogP contribution in [0.2, 0.25) is 0 Å². The van der Waals surface area contributed by atoms with Gasteiger partial charge in [0.25, 0.3) is 0 Å². The van der Waals surface area contributed by atoms with Crippen molar-refractivity contribution in [2.45, 2.75) is 39.7 Å². The number of carbonyl (C=O) groups excluding carboxylic acids is 1. The second-order valence-corrected chi connectivity index (χ2v) is 6.40. The van der Waals surface area contributed by atoms with Gasteiger partial charge in [0.1, 0.15) is 5.76 Å². The molecule has 2 rings (SSSR count). The van der Waals surface area contributed by atoms with Crippen molar-refractivity contribution in [3.05, 3.63) is 17.0 Å². The van der Waals surface area contributed by atoms with Crippen LogP contribution >= 0.6 is 0 Å². The highest BCUT2D eigenvalue weighted by molar-refractivity contribution is 5.84. The van der Waals surface area contributed by atoms with Crippen LogP contribution in [-0.4, -0.2) is 78.0 Å². The Morgan fingerprint density at radius 3 is 2.54 bits per heavy atom. The number of aryl methyl sites for hydroxylation is 2. The van der Waals surface area contributed by atoms with Gasteiger partial charge in [0.15, 0.2) is 0 Å². The lowest BCUT2D eigenvalue weighted by molar-refractivity contribution is -0.134. The van der Waals surface area contributed by atoms with E-state index in [0.29, 0.717) is 38.6 Å². The van der Waals surface area contributed by atoms with E-state index in [0.717, 1.165) is 24.3 Å². The summed E-state index contributed by atoms with van der Waals surface area (Å²) in [6.07, 6.45) is -0.478. The molecule has 0 radical (unpaired) electrons. The Balaban J connectivity index is 1.84. The Hall–Kier alpha value is -1.44. The molecule has 1 aromatic heterocycles. The van der Waals surface area contributed by atoms with Gasteiger partial charge in [0.05, 0.1) is 24.3 Å². The SMILES string of the molecule is CCOC[C@H](O)CN1CCN(C(=O)[C@H](C)c2c(C)noc2C)CC1. The number of aliphatic hydroxyl groups excluding tert-OH is 1. The van der Waals surface area contributed by atoms with Crippen LogP contribution in [0.3, 0.4) is 0 Å². The van der Waals surface area contributed by atoms with E-state index in [2.05, 4.69) is 10.1 Å². The summed E-state index contributed by atoms with van der Waals surface area (Å²) in [6.45, 7) is 12.0. The minimum absolute atomic E-state index is 0.110. The zero-order valence-electron chi connectivity index (χ0n) is 15.1. The molecule has 1 aromatic rings. The highest BCUT2D eigenvalue weighted by Crippen LogP contribution is 2.25. The number of carbonyl (C=O) groups is 1. The summed E-state index contributed by atoms with van der Waals surface area (Å²) >= 11 is 0. The molecule has 0 spiro atoms. The molecule has 0 unspecified atom stereocenters. The largest absolute Gasteiger partial charge is 0.389 e. The van der Waals surface area contributed by atoms with Crippen LogP contribution in [0.25, 0.3) is 0 Å². The number of hydrogen-bond donors (Lipinski definition) is 1. The van der Waals surface area contributed by atoms with E-state index in [-0.39, 0.29) is 11.8 Å². The first-order valence-corrected chi connectivity index (χ1v) is 8.63. The molecule has 2 heterocycles. The normalized spacial score (nSPS) is 18.6. The second kappa shape index (κ2) is 8.60. The van der Waals surface area contributed by atoms with Crippen LogP contribution in [0.15, 0.2) is 4.52 Å². The van der Waals surface area contributed by atoms with Crippen molar-refractivity contribution in [3.8, 4) is 0 Å². The fourth-order valence-electron chi connectivity index (χ4n) is 3.26. The van der Waals surface area contributed by atoms with Gasteiger partial charge in [0, 0.05) is 44.9 Å². The molecule has 0 aromatic carbocycles. The van der Waals surface area contributed by atoms with Gasteiger partial charge in [-0.2, -0.15) is 0 Å². The lowest BCUT2D eigenvalue weighted by Gasteiger charge is -2.36. The Bertz CT molecular complexity index is 518. The molecule has 2 atom stereocenters. The number of aliphatic hydroxyl groups is 1. The van der Waals surface area contributed by atoms with Crippen molar-refractivity contribution in [1.29, 1.82) is 0 Å². The molecular weight excluding hydrogens is 310 g/mol. The van der Waals surface area contributed by atoms with Crippen LogP contribution in [0.1, 0.15) is 36.8 Å². The molecular formula is C17H29N3O4. The van der Waals surface area contributed by atoms with Crippen molar-refractivity contribution < 1.29 is 19.2 Å². The third-order valence-corrected chi connectivity index (χ3v) is 4.56. The van der Waals surface area contributed by atoms with E-state index in [1.807, 2.05) is 32.6 Å². The summed E-state index contributed by atoms with van der Waals surface area (Å²) in [7, 11) is 0. The van der Waals surface area contributed by atoms with Crippen LogP contribution in [0, 0.1) is 13.8 Å². The summed E-state index contributed by atoms with van der Waals surface area (Å²) in [5, 5.41) is 13.9. The number of aromatic nitrogens is 1. The Morgan fingerprint density at radius 1 is 1.33 bits per heavy atom. The number of amides is 1. The van der Waals surface area contributed by atoms with Crippen LogP contribution in [0.4, 0.5) is 0 Å². The molecule has 1 amide bonds. The minimum Gasteiger partial charge on any atom is -0.389 e. The van der Waals surface area contributed by atoms with Gasteiger partial charge in [-0.25, -0.2) is 0 Å². The Labute approximate surface area is 143 Å². The third-order valence-electron chi connectivity index (χ3n) is 4.56. The average Bonchev–Trinajstić information content (AvgIpc) is 2.91. The Kier molecular flexibility index (Phi) is 6.77. The second-order valence-electron chi connectivity index (χ2n) is 6.40. The zero-order valence-corrected chi connectivity index (χ0v) is 15.1. The molecule has 7 heteroatoms. The fourth-order valence-corrected chi connectivity index (χ4v) is 3.26. The summed E-state index contributed by atoms with van der Waals surface area (Å²) in [5.41, 5.74) is 1.68. The zero-order chi connectivity index (χ0) is 17.7. The summed E-state index contributed by atoms with van der Waals surface area (Å²) in [4.78, 5) is 16.8. The lowest BCUT2D eigenvalue weighted by atomic mass is 9.97. The van der Waals surface area contributed by atoms with E-state index in [4.69, 9.17) is 9.26 Å². The fraction of sp³-hybridized carbons (Fsp3) is 0.765. The summed E-state index contributed by atoms with van der Waals surface area (Å²) < 4.78 is 10.4. The van der Waals surface area contributed by atoms with E-state index >= 15 is 0 Å². The topological polar surface area (TPSA) is 79.0 Å². The molecule has 1 aliphatic heterocycles. The van der Waals surface area contributed by atoms with E-state index in [9.17, 15) is 9.90 Å². The first-order chi connectivity index (χ1) is 11.4. The standard InChI is InChI=1S/C17H29N3O4/c1-5-23-11-15(21)10-19-6-8-20(9-7-19)17(22)12(2)16-13(3)18-24-14(16)4/h12,15,21H,5-11H2,1-4H3/t12-,15-/m1/s1. The monoisotopic (exact) mass is 339 g/mol. The van der Waals surface area contributed by atoms with Gasteiger partial charge in [-0.05, 0) is 27.7 Å². The number of piperazine rings is 1.